The van der Waals surface area contributed by atoms with Gasteiger partial charge in [0.25, 0.3) is 0 Å². The molecular formula is C48H91NO5. The van der Waals surface area contributed by atoms with Gasteiger partial charge in [-0.3, -0.25) is 9.59 Å². The maximum Gasteiger partial charge on any atom is 0.305 e. The summed E-state index contributed by atoms with van der Waals surface area (Å²) in [6.07, 6.45) is 50.1. The smallest absolute Gasteiger partial charge is 0.305 e. The summed E-state index contributed by atoms with van der Waals surface area (Å²) in [5, 5.41) is 23.0. The number of allylic oxidation sites excluding steroid dienone is 3. The van der Waals surface area contributed by atoms with Crippen LogP contribution in [0.25, 0.3) is 0 Å². The second-order valence-corrected chi connectivity index (χ2v) is 16.1. The van der Waals surface area contributed by atoms with Gasteiger partial charge >= 0.3 is 5.97 Å². The zero-order valence-electron chi connectivity index (χ0n) is 36.0. The fourth-order valence-corrected chi connectivity index (χ4v) is 7.04. The van der Waals surface area contributed by atoms with Crippen LogP contribution in [-0.4, -0.2) is 47.4 Å². The van der Waals surface area contributed by atoms with Crippen LogP contribution in [0, 0.1) is 0 Å². The Kier molecular flexibility index (Phi) is 42.7. The standard InChI is InChI=1S/C48H91NO5/c1-3-5-7-9-11-13-15-17-19-20-24-28-32-36-40-46(51)45(44-50)49-47(52)41-37-33-29-25-22-23-27-31-35-39-43-54-48(53)42-38-34-30-26-21-18-16-14-12-10-8-6-4-2/h14,16,36,40,45-46,50-51H,3-13,15,17-35,37-39,41-44H2,1-2H3,(H,49,52)/b16-14-,40-36+. The first-order valence-corrected chi connectivity index (χ1v) is 23.6. The van der Waals surface area contributed by atoms with Crippen LogP contribution in [0.3, 0.4) is 0 Å². The number of aliphatic hydroxyl groups is 2. The number of unbranched alkanes of at least 4 members (excludes halogenated alkanes) is 30. The third-order valence-electron chi connectivity index (χ3n) is 10.7. The Balaban J connectivity index is 3.54. The zero-order chi connectivity index (χ0) is 39.4. The number of rotatable bonds is 43. The first-order chi connectivity index (χ1) is 26.5. The van der Waals surface area contributed by atoms with Crippen LogP contribution < -0.4 is 5.32 Å². The lowest BCUT2D eigenvalue weighted by molar-refractivity contribution is -0.143. The van der Waals surface area contributed by atoms with Gasteiger partial charge in [-0.05, 0) is 57.8 Å². The minimum atomic E-state index is -0.858. The summed E-state index contributed by atoms with van der Waals surface area (Å²) in [7, 11) is 0. The van der Waals surface area contributed by atoms with E-state index in [9.17, 15) is 19.8 Å². The average Bonchev–Trinajstić information content (AvgIpc) is 3.17. The lowest BCUT2D eigenvalue weighted by Crippen LogP contribution is -2.45. The first kappa shape index (κ1) is 52.3. The molecule has 0 bridgehead atoms. The first-order valence-electron chi connectivity index (χ1n) is 23.6. The quantitative estimate of drug-likeness (QED) is 0.0327. The Bertz CT molecular complexity index is 843. The van der Waals surface area contributed by atoms with Crippen molar-refractivity contribution in [2.24, 2.45) is 0 Å². The molecule has 0 aliphatic carbocycles. The molecule has 0 aliphatic heterocycles. The topological polar surface area (TPSA) is 95.9 Å². The van der Waals surface area contributed by atoms with Crippen LogP contribution in [0.1, 0.15) is 245 Å². The maximum absolute atomic E-state index is 12.4. The van der Waals surface area contributed by atoms with E-state index in [4.69, 9.17) is 4.74 Å². The van der Waals surface area contributed by atoms with Gasteiger partial charge in [-0.25, -0.2) is 0 Å². The van der Waals surface area contributed by atoms with Crippen molar-refractivity contribution in [3.8, 4) is 0 Å². The predicted octanol–water partition coefficient (Wildman–Crippen LogP) is 13.6. The van der Waals surface area contributed by atoms with E-state index in [1.54, 1.807) is 6.08 Å². The largest absolute Gasteiger partial charge is 0.466 e. The van der Waals surface area contributed by atoms with Crippen molar-refractivity contribution < 1.29 is 24.5 Å². The average molecular weight is 762 g/mol. The van der Waals surface area contributed by atoms with E-state index in [-0.39, 0.29) is 18.5 Å². The lowest BCUT2D eigenvalue weighted by Gasteiger charge is -2.20. The normalized spacial score (nSPS) is 12.9. The number of carbonyl (C=O) groups excluding carboxylic acids is 2. The van der Waals surface area contributed by atoms with Crippen molar-refractivity contribution in [1.82, 2.24) is 5.32 Å². The van der Waals surface area contributed by atoms with Gasteiger partial charge in [0.15, 0.2) is 0 Å². The lowest BCUT2D eigenvalue weighted by atomic mass is 10.0. The van der Waals surface area contributed by atoms with E-state index in [1.165, 1.54) is 161 Å². The Morgan fingerprint density at radius 1 is 0.500 bits per heavy atom. The minimum Gasteiger partial charge on any atom is -0.466 e. The highest BCUT2D eigenvalue weighted by atomic mass is 16.5. The second-order valence-electron chi connectivity index (χ2n) is 16.1. The highest BCUT2D eigenvalue weighted by Crippen LogP contribution is 2.15. The van der Waals surface area contributed by atoms with E-state index in [0.717, 1.165) is 57.8 Å². The molecule has 2 atom stereocenters. The van der Waals surface area contributed by atoms with E-state index in [0.29, 0.717) is 19.4 Å². The highest BCUT2D eigenvalue weighted by Gasteiger charge is 2.18. The van der Waals surface area contributed by atoms with Gasteiger partial charge in [-0.2, -0.15) is 0 Å². The molecule has 0 rings (SSSR count). The molecule has 1 amide bonds. The number of ether oxygens (including phenoxy) is 1. The summed E-state index contributed by atoms with van der Waals surface area (Å²) >= 11 is 0. The monoisotopic (exact) mass is 762 g/mol. The van der Waals surface area contributed by atoms with Gasteiger partial charge in [0.1, 0.15) is 0 Å². The highest BCUT2D eigenvalue weighted by molar-refractivity contribution is 5.76. The fraction of sp³-hybridized carbons (Fsp3) is 0.875. The Morgan fingerprint density at radius 2 is 0.870 bits per heavy atom. The molecule has 3 N–H and O–H groups in total. The summed E-state index contributed by atoms with van der Waals surface area (Å²) in [4.78, 5) is 24.4. The molecule has 318 valence electrons. The van der Waals surface area contributed by atoms with Crippen LogP contribution in [0.15, 0.2) is 24.3 Å². The van der Waals surface area contributed by atoms with Crippen molar-refractivity contribution in [1.29, 1.82) is 0 Å². The van der Waals surface area contributed by atoms with Crippen LogP contribution >= 0.6 is 0 Å². The number of hydrogen-bond acceptors (Lipinski definition) is 5. The molecule has 0 saturated heterocycles. The molecule has 0 spiro atoms. The molecule has 54 heavy (non-hydrogen) atoms. The fourth-order valence-electron chi connectivity index (χ4n) is 7.04. The third kappa shape index (κ3) is 40.0. The van der Waals surface area contributed by atoms with Crippen molar-refractivity contribution in [3.63, 3.8) is 0 Å². The van der Waals surface area contributed by atoms with Crippen LogP contribution in [-0.2, 0) is 14.3 Å². The molecule has 0 aliphatic rings. The molecule has 0 aromatic carbocycles. The van der Waals surface area contributed by atoms with Crippen molar-refractivity contribution >= 4 is 11.9 Å². The molecule has 0 saturated carbocycles. The minimum absolute atomic E-state index is 0.0307. The zero-order valence-corrected chi connectivity index (χ0v) is 36.0. The molecule has 0 radical (unpaired) electrons. The molecule has 0 aromatic rings. The Labute approximate surface area is 335 Å². The predicted molar refractivity (Wildman–Crippen MR) is 232 cm³/mol. The summed E-state index contributed by atoms with van der Waals surface area (Å²) in [5.74, 6) is -0.123. The summed E-state index contributed by atoms with van der Waals surface area (Å²) in [6.45, 7) is 4.82. The summed E-state index contributed by atoms with van der Waals surface area (Å²) < 4.78 is 5.43. The van der Waals surface area contributed by atoms with E-state index in [1.807, 2.05) is 6.08 Å². The van der Waals surface area contributed by atoms with Crippen LogP contribution in [0.4, 0.5) is 0 Å². The van der Waals surface area contributed by atoms with Gasteiger partial charge < -0.3 is 20.3 Å². The van der Waals surface area contributed by atoms with E-state index >= 15 is 0 Å². The van der Waals surface area contributed by atoms with E-state index in [2.05, 4.69) is 31.3 Å². The number of carbonyl (C=O) groups is 2. The molecule has 0 heterocycles. The number of aliphatic hydroxyl groups excluding tert-OH is 2. The molecular weight excluding hydrogens is 671 g/mol. The van der Waals surface area contributed by atoms with Crippen molar-refractivity contribution in [2.45, 2.75) is 257 Å². The maximum atomic E-state index is 12.4. The molecule has 0 aromatic heterocycles. The molecule has 6 heteroatoms. The van der Waals surface area contributed by atoms with Gasteiger partial charge in [-0.1, -0.05) is 199 Å². The summed E-state index contributed by atoms with van der Waals surface area (Å²) in [6, 6.07) is -0.643. The Morgan fingerprint density at radius 3 is 1.33 bits per heavy atom. The van der Waals surface area contributed by atoms with E-state index < -0.39 is 12.1 Å². The van der Waals surface area contributed by atoms with Crippen molar-refractivity contribution in [2.75, 3.05) is 13.2 Å². The number of hydrogen-bond donors (Lipinski definition) is 3. The number of nitrogens with one attached hydrogen (secondary N) is 1. The molecule has 0 fully saturated rings. The van der Waals surface area contributed by atoms with Gasteiger partial charge in [0.2, 0.25) is 5.91 Å². The third-order valence-corrected chi connectivity index (χ3v) is 10.7. The van der Waals surface area contributed by atoms with Gasteiger partial charge in [0.05, 0.1) is 25.4 Å². The van der Waals surface area contributed by atoms with Crippen LogP contribution in [0.5, 0.6) is 0 Å². The SMILES string of the molecule is CCCCCC/C=C\CCCCCCCC(=O)OCCCCCCCCCCCCC(=O)NC(CO)C(O)/C=C/CCCCCCCCCCCCCC. The Hall–Kier alpha value is -1.66. The van der Waals surface area contributed by atoms with Gasteiger partial charge in [0, 0.05) is 12.8 Å². The number of amides is 1. The molecule has 6 nitrogen and oxygen atoms in total. The van der Waals surface area contributed by atoms with Gasteiger partial charge in [-0.15, -0.1) is 0 Å². The summed E-state index contributed by atoms with van der Waals surface area (Å²) in [5.41, 5.74) is 0. The number of esters is 1. The molecule has 2 unspecified atom stereocenters. The van der Waals surface area contributed by atoms with Crippen LogP contribution in [0.2, 0.25) is 0 Å². The van der Waals surface area contributed by atoms with Crippen molar-refractivity contribution in [3.05, 3.63) is 24.3 Å². The second kappa shape index (κ2) is 44.1.